The Morgan fingerprint density at radius 2 is 2.18 bits per heavy atom. The maximum absolute atomic E-state index is 11.4. The van der Waals surface area contributed by atoms with E-state index in [0.29, 0.717) is 11.6 Å². The SMILES string of the molecule is CCc1nc(Cl)cn1CCC1(c2ccccc2)CC1C(=O)O. The molecule has 2 atom stereocenters. The maximum Gasteiger partial charge on any atom is 0.307 e. The summed E-state index contributed by atoms with van der Waals surface area (Å²) >= 11 is 5.98. The Balaban J connectivity index is 1.82. The van der Waals surface area contributed by atoms with Gasteiger partial charge < -0.3 is 9.67 Å². The number of halogens is 1. The zero-order valence-electron chi connectivity index (χ0n) is 12.5. The zero-order valence-corrected chi connectivity index (χ0v) is 13.3. The summed E-state index contributed by atoms with van der Waals surface area (Å²) in [6.07, 6.45) is 4.13. The van der Waals surface area contributed by atoms with Crippen LogP contribution in [0.2, 0.25) is 5.15 Å². The third-order valence-electron chi connectivity index (χ3n) is 4.67. The molecule has 5 heteroatoms. The van der Waals surface area contributed by atoms with Gasteiger partial charge >= 0.3 is 5.97 Å². The van der Waals surface area contributed by atoms with Crippen molar-refractivity contribution >= 4 is 17.6 Å². The number of carbonyl (C=O) groups is 1. The van der Waals surface area contributed by atoms with Gasteiger partial charge in [-0.3, -0.25) is 4.79 Å². The minimum Gasteiger partial charge on any atom is -0.481 e. The van der Waals surface area contributed by atoms with Gasteiger partial charge in [0.15, 0.2) is 0 Å². The van der Waals surface area contributed by atoms with Gasteiger partial charge in [-0.25, -0.2) is 4.98 Å². The van der Waals surface area contributed by atoms with Crippen LogP contribution in [0, 0.1) is 5.92 Å². The third-order valence-corrected chi connectivity index (χ3v) is 4.85. The Hall–Kier alpha value is -1.81. The lowest BCUT2D eigenvalue weighted by molar-refractivity contribution is -0.139. The van der Waals surface area contributed by atoms with Crippen LogP contribution in [0.1, 0.15) is 31.2 Å². The molecule has 0 saturated heterocycles. The molecule has 2 unspecified atom stereocenters. The van der Waals surface area contributed by atoms with Crippen LogP contribution in [0.15, 0.2) is 36.5 Å². The minimum absolute atomic E-state index is 0.255. The molecule has 1 aliphatic carbocycles. The van der Waals surface area contributed by atoms with Crippen LogP contribution >= 0.6 is 11.6 Å². The van der Waals surface area contributed by atoms with Crippen molar-refractivity contribution in [2.75, 3.05) is 0 Å². The number of aryl methyl sites for hydroxylation is 2. The number of aliphatic carboxylic acids is 1. The number of hydrogen-bond acceptors (Lipinski definition) is 2. The standard InChI is InChI=1S/C17H19ClN2O2/c1-2-15-19-14(18)11-20(15)9-8-17(10-13(17)16(21)22)12-6-4-3-5-7-12/h3-7,11,13H,2,8-10H2,1H3,(H,21,22). The van der Waals surface area contributed by atoms with E-state index in [9.17, 15) is 9.90 Å². The van der Waals surface area contributed by atoms with Gasteiger partial charge in [0.1, 0.15) is 11.0 Å². The van der Waals surface area contributed by atoms with Crippen LogP contribution < -0.4 is 0 Å². The molecule has 2 aromatic rings. The highest BCUT2D eigenvalue weighted by Gasteiger charge is 2.58. The molecule has 0 amide bonds. The first-order chi connectivity index (χ1) is 10.6. The van der Waals surface area contributed by atoms with Crippen LogP contribution in [0.25, 0.3) is 0 Å². The summed E-state index contributed by atoms with van der Waals surface area (Å²) in [7, 11) is 0. The lowest BCUT2D eigenvalue weighted by Crippen LogP contribution is -2.18. The summed E-state index contributed by atoms with van der Waals surface area (Å²) in [6.45, 7) is 2.78. The third kappa shape index (κ3) is 2.63. The molecule has 1 heterocycles. The fourth-order valence-electron chi connectivity index (χ4n) is 3.35. The van der Waals surface area contributed by atoms with Gasteiger partial charge in [-0.05, 0) is 18.4 Å². The molecule has 1 saturated carbocycles. The predicted octanol–water partition coefficient (Wildman–Crippen LogP) is 3.53. The van der Waals surface area contributed by atoms with E-state index < -0.39 is 5.97 Å². The molecule has 4 nitrogen and oxygen atoms in total. The van der Waals surface area contributed by atoms with Crippen LogP contribution in [-0.2, 0) is 23.2 Å². The lowest BCUT2D eigenvalue weighted by Gasteiger charge is -2.18. The van der Waals surface area contributed by atoms with Gasteiger partial charge in [0, 0.05) is 24.6 Å². The first kappa shape index (κ1) is 15.1. The second-order valence-electron chi connectivity index (χ2n) is 5.89. The Kier molecular flexibility index (Phi) is 3.96. The molecule has 1 aliphatic rings. The van der Waals surface area contributed by atoms with Crippen molar-refractivity contribution in [1.82, 2.24) is 9.55 Å². The monoisotopic (exact) mass is 318 g/mol. The van der Waals surface area contributed by atoms with E-state index in [4.69, 9.17) is 11.6 Å². The van der Waals surface area contributed by atoms with Crippen LogP contribution in [0.4, 0.5) is 0 Å². The fraction of sp³-hybridized carbons (Fsp3) is 0.412. The van der Waals surface area contributed by atoms with Gasteiger partial charge in [-0.2, -0.15) is 0 Å². The van der Waals surface area contributed by atoms with E-state index >= 15 is 0 Å². The first-order valence-corrected chi connectivity index (χ1v) is 7.94. The van der Waals surface area contributed by atoms with Crippen LogP contribution in [0.5, 0.6) is 0 Å². The highest BCUT2D eigenvalue weighted by atomic mass is 35.5. The molecule has 22 heavy (non-hydrogen) atoms. The summed E-state index contributed by atoms with van der Waals surface area (Å²) in [5.41, 5.74) is 0.862. The van der Waals surface area contributed by atoms with Crippen molar-refractivity contribution in [3.63, 3.8) is 0 Å². The van der Waals surface area contributed by atoms with Crippen molar-refractivity contribution in [1.29, 1.82) is 0 Å². The number of benzene rings is 1. The van der Waals surface area contributed by atoms with Crippen molar-refractivity contribution in [2.45, 2.75) is 38.1 Å². The average Bonchev–Trinajstić information content (AvgIpc) is 3.16. The smallest absolute Gasteiger partial charge is 0.307 e. The van der Waals surface area contributed by atoms with Crippen molar-refractivity contribution in [2.24, 2.45) is 5.92 Å². The van der Waals surface area contributed by atoms with E-state index in [1.807, 2.05) is 48.0 Å². The Morgan fingerprint density at radius 1 is 1.45 bits per heavy atom. The molecule has 1 aromatic heterocycles. The highest BCUT2D eigenvalue weighted by Crippen LogP contribution is 2.57. The van der Waals surface area contributed by atoms with Crippen LogP contribution in [-0.4, -0.2) is 20.6 Å². The van der Waals surface area contributed by atoms with Crippen molar-refractivity contribution in [3.05, 3.63) is 53.1 Å². The lowest BCUT2D eigenvalue weighted by atomic mass is 9.89. The number of carboxylic acids is 1. The molecule has 1 fully saturated rings. The maximum atomic E-state index is 11.4. The van der Waals surface area contributed by atoms with Crippen molar-refractivity contribution < 1.29 is 9.90 Å². The Morgan fingerprint density at radius 3 is 2.77 bits per heavy atom. The molecule has 0 aliphatic heterocycles. The molecule has 1 N–H and O–H groups in total. The number of aromatic nitrogens is 2. The number of hydrogen-bond donors (Lipinski definition) is 1. The predicted molar refractivity (Wildman–Crippen MR) is 85.1 cm³/mol. The molecule has 1 aromatic carbocycles. The minimum atomic E-state index is -0.705. The Labute approximate surface area is 134 Å². The summed E-state index contributed by atoms with van der Waals surface area (Å²) in [4.78, 5) is 15.7. The van der Waals surface area contributed by atoms with Crippen molar-refractivity contribution in [3.8, 4) is 0 Å². The largest absolute Gasteiger partial charge is 0.481 e. The highest BCUT2D eigenvalue weighted by molar-refractivity contribution is 6.29. The van der Waals surface area contributed by atoms with E-state index in [0.717, 1.165) is 30.8 Å². The molecular weight excluding hydrogens is 300 g/mol. The van der Waals surface area contributed by atoms with Gasteiger partial charge in [-0.15, -0.1) is 0 Å². The molecular formula is C17H19ClN2O2. The zero-order chi connectivity index (χ0) is 15.7. The van der Waals surface area contributed by atoms with Gasteiger partial charge in [0.2, 0.25) is 0 Å². The quantitative estimate of drug-likeness (QED) is 0.886. The van der Waals surface area contributed by atoms with E-state index in [-0.39, 0.29) is 11.3 Å². The second kappa shape index (κ2) is 5.76. The van der Waals surface area contributed by atoms with E-state index in [1.165, 1.54) is 0 Å². The van der Waals surface area contributed by atoms with Gasteiger partial charge in [-0.1, -0.05) is 48.9 Å². The van der Waals surface area contributed by atoms with Crippen LogP contribution in [0.3, 0.4) is 0 Å². The summed E-state index contributed by atoms with van der Waals surface area (Å²) in [5.74, 6) is -0.0528. The molecule has 3 rings (SSSR count). The van der Waals surface area contributed by atoms with E-state index in [2.05, 4.69) is 4.98 Å². The number of imidazole rings is 1. The summed E-state index contributed by atoms with van der Waals surface area (Å²) in [6, 6.07) is 9.97. The molecule has 116 valence electrons. The molecule has 0 bridgehead atoms. The fourth-order valence-corrected chi connectivity index (χ4v) is 3.57. The molecule has 0 radical (unpaired) electrons. The molecule has 0 spiro atoms. The first-order valence-electron chi connectivity index (χ1n) is 7.56. The summed E-state index contributed by atoms with van der Waals surface area (Å²) < 4.78 is 2.05. The van der Waals surface area contributed by atoms with Gasteiger partial charge in [0.05, 0.1) is 5.92 Å². The average molecular weight is 319 g/mol. The van der Waals surface area contributed by atoms with E-state index in [1.54, 1.807) is 0 Å². The second-order valence-corrected chi connectivity index (χ2v) is 6.28. The number of carboxylic acid groups (broad SMARTS) is 1. The number of rotatable bonds is 6. The number of nitrogens with zero attached hydrogens (tertiary/aromatic N) is 2. The van der Waals surface area contributed by atoms with Gasteiger partial charge in [0.25, 0.3) is 0 Å². The topological polar surface area (TPSA) is 55.1 Å². The summed E-state index contributed by atoms with van der Waals surface area (Å²) in [5, 5.41) is 9.91. The Bertz CT molecular complexity index is 683. The normalized spacial score (nSPS) is 23.5.